The van der Waals surface area contributed by atoms with E-state index in [4.69, 9.17) is 42.3 Å². The van der Waals surface area contributed by atoms with Crippen molar-refractivity contribution in [1.82, 2.24) is 0 Å². The van der Waals surface area contributed by atoms with Crippen LogP contribution in [0, 0.1) is 0 Å². The van der Waals surface area contributed by atoms with E-state index in [-0.39, 0.29) is 29.4 Å². The van der Waals surface area contributed by atoms with Gasteiger partial charge in [-0.25, -0.2) is 4.79 Å². The molecule has 15 heteroatoms. The molecule has 0 N–H and O–H groups in total. The molecule has 0 amide bonds. The molecule has 1 aromatic heterocycles. The van der Waals surface area contributed by atoms with Crippen LogP contribution in [0.3, 0.4) is 0 Å². The Morgan fingerprint density at radius 3 is 1.86 bits per heavy atom. The number of rotatable bonds is 19. The summed E-state index contributed by atoms with van der Waals surface area (Å²) < 4.78 is 50.1. The number of esters is 5. The molecular weight excluding hydrogens is 672 g/mol. The van der Waals surface area contributed by atoms with Gasteiger partial charge in [-0.05, 0) is 18.6 Å². The Morgan fingerprint density at radius 2 is 1.27 bits per heavy atom. The van der Waals surface area contributed by atoms with Crippen molar-refractivity contribution in [2.24, 2.45) is 0 Å². The fraction of sp³-hybridized carbons (Fsp3) is 0.611. The van der Waals surface area contributed by atoms with Gasteiger partial charge in [-0.2, -0.15) is 0 Å². The quantitative estimate of drug-likeness (QED) is 0.0807. The first-order valence-electron chi connectivity index (χ1n) is 17.2. The average Bonchev–Trinajstić information content (AvgIpc) is 3.04. The van der Waals surface area contributed by atoms with Gasteiger partial charge in [0.2, 0.25) is 12.4 Å². The van der Waals surface area contributed by atoms with Crippen molar-refractivity contribution in [3.05, 3.63) is 28.6 Å². The minimum atomic E-state index is -1.52. The Hall–Kier alpha value is -4.66. The van der Waals surface area contributed by atoms with Gasteiger partial charge in [0.05, 0.1) is 12.0 Å². The highest BCUT2D eigenvalue weighted by atomic mass is 16.7. The van der Waals surface area contributed by atoms with Crippen molar-refractivity contribution in [3.8, 4) is 17.2 Å². The molecule has 1 aromatic carbocycles. The monoisotopic (exact) mass is 720 g/mol. The smallest absolute Gasteiger partial charge is 0.383 e. The van der Waals surface area contributed by atoms with Crippen molar-refractivity contribution in [2.75, 3.05) is 13.2 Å². The van der Waals surface area contributed by atoms with Crippen LogP contribution in [-0.4, -0.2) is 73.8 Å². The first kappa shape index (κ1) is 40.8. The lowest BCUT2D eigenvalue weighted by Crippen LogP contribution is -2.63. The molecule has 3 rings (SSSR count). The minimum absolute atomic E-state index is 0.00103. The maximum Gasteiger partial charge on any atom is 0.383 e. The molecule has 1 saturated heterocycles. The van der Waals surface area contributed by atoms with Gasteiger partial charge in [-0.15, -0.1) is 0 Å². The molecular formula is C36H48O15. The molecule has 51 heavy (non-hydrogen) atoms. The molecule has 5 atom stereocenters. The summed E-state index contributed by atoms with van der Waals surface area (Å²) in [6.07, 6.45) is 2.88. The van der Waals surface area contributed by atoms with E-state index in [1.165, 1.54) is 50.3 Å². The van der Waals surface area contributed by atoms with Crippen molar-refractivity contribution in [3.63, 3.8) is 0 Å². The molecule has 0 unspecified atom stereocenters. The van der Waals surface area contributed by atoms with Gasteiger partial charge < -0.3 is 42.3 Å². The molecule has 0 saturated carbocycles. The van der Waals surface area contributed by atoms with E-state index in [9.17, 15) is 28.8 Å². The molecule has 1 fully saturated rings. The van der Waals surface area contributed by atoms with E-state index >= 15 is 0 Å². The summed E-state index contributed by atoms with van der Waals surface area (Å²) in [6.45, 7) is 7.63. The third-order valence-corrected chi connectivity index (χ3v) is 7.73. The number of carbonyl (C=O) groups is 5. The van der Waals surface area contributed by atoms with Gasteiger partial charge in [0.1, 0.15) is 24.0 Å². The number of hydrogen-bond acceptors (Lipinski definition) is 15. The Bertz CT molecular complexity index is 1560. The third kappa shape index (κ3) is 12.9. The van der Waals surface area contributed by atoms with Gasteiger partial charge in [-0.3, -0.25) is 24.0 Å². The summed E-state index contributed by atoms with van der Waals surface area (Å²) in [5, 5.41) is 0.302. The SMILES string of the molecule is CCCCCCCCCCCOc1c(OC(C)=O)c(=O)oc2cc(O[C@H]3O[C@H](COC(C)=O)[C@@H](OC(C)=O)[C@H](OC(C)=O)[C@@H]3OC(C)=O)ccc12. The van der Waals surface area contributed by atoms with E-state index in [2.05, 4.69) is 6.92 Å². The Morgan fingerprint density at radius 1 is 0.686 bits per heavy atom. The minimum Gasteiger partial charge on any atom is -0.489 e. The maximum atomic E-state index is 13.0. The van der Waals surface area contributed by atoms with Crippen LogP contribution in [0.5, 0.6) is 17.2 Å². The predicted molar refractivity (Wildman–Crippen MR) is 179 cm³/mol. The van der Waals surface area contributed by atoms with Gasteiger partial charge >= 0.3 is 35.5 Å². The molecule has 0 radical (unpaired) electrons. The van der Waals surface area contributed by atoms with E-state index in [0.717, 1.165) is 53.9 Å². The van der Waals surface area contributed by atoms with Crippen LogP contribution in [0.1, 0.15) is 99.3 Å². The lowest BCUT2D eigenvalue weighted by Gasteiger charge is -2.43. The van der Waals surface area contributed by atoms with Crippen LogP contribution in [0.4, 0.5) is 0 Å². The Kier molecular flexibility index (Phi) is 16.2. The van der Waals surface area contributed by atoms with Gasteiger partial charge in [0, 0.05) is 40.7 Å². The molecule has 15 nitrogen and oxygen atoms in total. The summed E-state index contributed by atoms with van der Waals surface area (Å²) in [7, 11) is 0. The summed E-state index contributed by atoms with van der Waals surface area (Å²) in [4.78, 5) is 72.8. The van der Waals surface area contributed by atoms with Crippen LogP contribution in [-0.2, 0) is 47.7 Å². The van der Waals surface area contributed by atoms with Crippen molar-refractivity contribution in [2.45, 2.75) is 130 Å². The number of benzene rings is 1. The second-order valence-electron chi connectivity index (χ2n) is 12.2. The first-order valence-corrected chi connectivity index (χ1v) is 17.2. The molecule has 2 aromatic rings. The van der Waals surface area contributed by atoms with Crippen LogP contribution in [0.25, 0.3) is 11.0 Å². The van der Waals surface area contributed by atoms with E-state index in [0.29, 0.717) is 11.8 Å². The van der Waals surface area contributed by atoms with Crippen LogP contribution in [0.2, 0.25) is 0 Å². The zero-order chi connectivity index (χ0) is 37.5. The molecule has 0 bridgehead atoms. The van der Waals surface area contributed by atoms with Crippen molar-refractivity contribution in [1.29, 1.82) is 0 Å². The van der Waals surface area contributed by atoms with Crippen LogP contribution < -0.4 is 19.8 Å². The Labute approximate surface area is 296 Å². The summed E-state index contributed by atoms with van der Waals surface area (Å²) in [5.74, 6) is -4.11. The maximum absolute atomic E-state index is 13.0. The summed E-state index contributed by atoms with van der Waals surface area (Å²) in [5.41, 5.74) is -0.967. The molecule has 2 heterocycles. The zero-order valence-electron chi connectivity index (χ0n) is 30.0. The largest absolute Gasteiger partial charge is 0.489 e. The second-order valence-corrected chi connectivity index (χ2v) is 12.2. The zero-order valence-corrected chi connectivity index (χ0v) is 30.0. The third-order valence-electron chi connectivity index (χ3n) is 7.73. The van der Waals surface area contributed by atoms with Gasteiger partial charge in [-0.1, -0.05) is 58.3 Å². The van der Waals surface area contributed by atoms with Gasteiger partial charge in [0.15, 0.2) is 18.0 Å². The Balaban J connectivity index is 1.90. The average molecular weight is 721 g/mol. The molecule has 1 aliphatic rings. The highest BCUT2D eigenvalue weighted by molar-refractivity contribution is 5.87. The van der Waals surface area contributed by atoms with E-state index in [1.54, 1.807) is 0 Å². The predicted octanol–water partition coefficient (Wildman–Crippen LogP) is 5.09. The lowest BCUT2D eigenvalue weighted by atomic mass is 9.98. The highest BCUT2D eigenvalue weighted by Crippen LogP contribution is 2.37. The number of carbonyl (C=O) groups excluding carboxylic acids is 5. The standard InChI is InChI=1S/C36H48O15/c1-7-8-9-10-11-12-13-14-15-18-43-30-27-17-16-26(19-28(27)50-35(42)33(30)47-24(5)40)49-36-34(48-25(6)41)32(46-23(4)39)31(45-22(3)38)29(51-36)20-44-21(2)37/h16-17,19,29,31-32,34,36H,7-15,18,20H2,1-6H3/t29-,31-,32+,34+,36+/m1/s1. The number of hydrogen-bond donors (Lipinski definition) is 0. The highest BCUT2D eigenvalue weighted by Gasteiger charge is 2.53. The molecule has 1 aliphatic heterocycles. The normalized spacial score (nSPS) is 19.8. The number of unbranched alkanes of at least 4 members (excludes halogenated alkanes) is 8. The molecule has 282 valence electrons. The van der Waals surface area contributed by atoms with E-state index in [1.807, 2.05) is 0 Å². The second kappa shape index (κ2) is 20.3. The first-order chi connectivity index (χ1) is 24.3. The van der Waals surface area contributed by atoms with Crippen LogP contribution >= 0.6 is 0 Å². The summed E-state index contributed by atoms with van der Waals surface area (Å²) >= 11 is 0. The van der Waals surface area contributed by atoms with Crippen molar-refractivity contribution < 1.29 is 66.3 Å². The van der Waals surface area contributed by atoms with Crippen LogP contribution in [0.15, 0.2) is 27.4 Å². The topological polar surface area (TPSA) is 189 Å². The lowest BCUT2D eigenvalue weighted by molar-refractivity contribution is -0.288. The van der Waals surface area contributed by atoms with Crippen molar-refractivity contribution >= 4 is 40.8 Å². The number of fused-ring (bicyclic) bond motifs is 1. The van der Waals surface area contributed by atoms with E-state index < -0.39 is 72.8 Å². The fourth-order valence-corrected chi connectivity index (χ4v) is 5.59. The summed E-state index contributed by atoms with van der Waals surface area (Å²) in [6, 6.07) is 4.32. The fourth-order valence-electron chi connectivity index (χ4n) is 5.59. The molecule has 0 spiro atoms. The number of ether oxygens (including phenoxy) is 8. The molecule has 0 aliphatic carbocycles. The van der Waals surface area contributed by atoms with Gasteiger partial charge in [0.25, 0.3) is 5.75 Å².